The van der Waals surface area contributed by atoms with Gasteiger partial charge in [0, 0.05) is 12.2 Å². The van der Waals surface area contributed by atoms with E-state index in [4.69, 9.17) is 4.74 Å². The first-order valence-corrected chi connectivity index (χ1v) is 6.39. The van der Waals surface area contributed by atoms with Crippen LogP contribution < -0.4 is 0 Å². The minimum absolute atomic E-state index is 0.115. The van der Waals surface area contributed by atoms with E-state index < -0.39 is 0 Å². The molecular weight excluding hydrogens is 230 g/mol. The number of carbonyl (C=O) groups is 1. The molecule has 0 radical (unpaired) electrons. The number of hydrogen-bond donors (Lipinski definition) is 0. The summed E-state index contributed by atoms with van der Waals surface area (Å²) in [7, 11) is 0. The van der Waals surface area contributed by atoms with Gasteiger partial charge in [-0.05, 0) is 33.8 Å². The lowest BCUT2D eigenvalue weighted by molar-refractivity contribution is -0.144. The van der Waals surface area contributed by atoms with E-state index in [1.165, 1.54) is 0 Å². The van der Waals surface area contributed by atoms with E-state index in [0.29, 0.717) is 19.7 Å². The molecule has 1 fully saturated rings. The standard InChI is InChI=1S/C13H21N3O2/c1-9-5-10(2)16(14-9)7-13(17)15-6-12(4)18-8-11(15)3/h5,11-12H,6-8H2,1-4H3/t11-,12-/m0/s1. The first-order chi connectivity index (χ1) is 8.47. The Balaban J connectivity index is 2.05. The number of aryl methyl sites for hydroxylation is 2. The molecule has 1 saturated heterocycles. The molecule has 1 amide bonds. The molecule has 0 unspecified atom stereocenters. The molecule has 5 heteroatoms. The predicted molar refractivity (Wildman–Crippen MR) is 68.3 cm³/mol. The second-order valence-corrected chi connectivity index (χ2v) is 5.12. The molecule has 0 spiro atoms. The third-order valence-corrected chi connectivity index (χ3v) is 3.32. The average Bonchev–Trinajstić information content (AvgIpc) is 2.61. The van der Waals surface area contributed by atoms with Crippen molar-refractivity contribution < 1.29 is 9.53 Å². The third kappa shape index (κ3) is 2.72. The number of aromatic nitrogens is 2. The number of carbonyl (C=O) groups excluding carboxylic acids is 1. The number of nitrogens with zero attached hydrogens (tertiary/aromatic N) is 3. The maximum atomic E-state index is 12.3. The number of ether oxygens (including phenoxy) is 1. The molecule has 0 aliphatic carbocycles. The summed E-state index contributed by atoms with van der Waals surface area (Å²) < 4.78 is 7.30. The van der Waals surface area contributed by atoms with Gasteiger partial charge in [-0.25, -0.2) is 0 Å². The van der Waals surface area contributed by atoms with Gasteiger partial charge in [-0.2, -0.15) is 5.10 Å². The Morgan fingerprint density at radius 2 is 2.22 bits per heavy atom. The first-order valence-electron chi connectivity index (χ1n) is 6.39. The van der Waals surface area contributed by atoms with Crippen molar-refractivity contribution >= 4 is 5.91 Å². The minimum atomic E-state index is 0.115. The quantitative estimate of drug-likeness (QED) is 0.792. The van der Waals surface area contributed by atoms with Crippen LogP contribution in [0, 0.1) is 13.8 Å². The van der Waals surface area contributed by atoms with Gasteiger partial charge in [-0.3, -0.25) is 9.48 Å². The van der Waals surface area contributed by atoms with Gasteiger partial charge in [0.1, 0.15) is 6.54 Å². The molecule has 1 aromatic rings. The molecule has 0 bridgehead atoms. The zero-order valence-electron chi connectivity index (χ0n) is 11.5. The summed E-state index contributed by atoms with van der Waals surface area (Å²) in [6, 6.07) is 2.13. The molecule has 100 valence electrons. The predicted octanol–water partition coefficient (Wildman–Crippen LogP) is 1.14. The van der Waals surface area contributed by atoms with Gasteiger partial charge in [-0.15, -0.1) is 0 Å². The summed E-state index contributed by atoms with van der Waals surface area (Å²) in [5.74, 6) is 0.115. The van der Waals surface area contributed by atoms with Crippen molar-refractivity contribution in [1.29, 1.82) is 0 Å². The smallest absolute Gasteiger partial charge is 0.244 e. The zero-order valence-corrected chi connectivity index (χ0v) is 11.5. The van der Waals surface area contributed by atoms with E-state index in [2.05, 4.69) is 5.10 Å². The van der Waals surface area contributed by atoms with Crippen molar-refractivity contribution in [3.05, 3.63) is 17.5 Å². The number of morpholine rings is 1. The Labute approximate surface area is 108 Å². The highest BCUT2D eigenvalue weighted by atomic mass is 16.5. The molecule has 1 aliphatic rings. The summed E-state index contributed by atoms with van der Waals surface area (Å²) in [5, 5.41) is 4.33. The van der Waals surface area contributed by atoms with Gasteiger partial charge in [0.05, 0.1) is 24.4 Å². The Bertz CT molecular complexity index is 441. The van der Waals surface area contributed by atoms with Gasteiger partial charge in [-0.1, -0.05) is 0 Å². The number of amides is 1. The zero-order chi connectivity index (χ0) is 13.3. The van der Waals surface area contributed by atoms with Crippen molar-refractivity contribution in [1.82, 2.24) is 14.7 Å². The molecule has 1 aromatic heterocycles. The monoisotopic (exact) mass is 251 g/mol. The van der Waals surface area contributed by atoms with Gasteiger partial charge < -0.3 is 9.64 Å². The summed E-state index contributed by atoms with van der Waals surface area (Å²) in [4.78, 5) is 14.2. The Morgan fingerprint density at radius 3 is 2.83 bits per heavy atom. The lowest BCUT2D eigenvalue weighted by atomic mass is 10.2. The first kappa shape index (κ1) is 13.1. The average molecular weight is 251 g/mol. The SMILES string of the molecule is Cc1cc(C)n(CC(=O)N2C[C@H](C)OC[C@@H]2C)n1. The van der Waals surface area contributed by atoms with E-state index in [0.717, 1.165) is 11.4 Å². The van der Waals surface area contributed by atoms with Crippen LogP contribution in [0.3, 0.4) is 0 Å². The third-order valence-electron chi connectivity index (χ3n) is 3.32. The fourth-order valence-corrected chi connectivity index (χ4v) is 2.30. The van der Waals surface area contributed by atoms with Crippen LogP contribution in [-0.2, 0) is 16.1 Å². The van der Waals surface area contributed by atoms with Crippen LogP contribution in [0.25, 0.3) is 0 Å². The van der Waals surface area contributed by atoms with Crippen LogP contribution in [0.2, 0.25) is 0 Å². The Hall–Kier alpha value is -1.36. The summed E-state index contributed by atoms with van der Waals surface area (Å²) >= 11 is 0. The maximum absolute atomic E-state index is 12.3. The van der Waals surface area contributed by atoms with Crippen molar-refractivity contribution in [2.45, 2.75) is 46.4 Å². The molecule has 18 heavy (non-hydrogen) atoms. The molecule has 5 nitrogen and oxygen atoms in total. The van der Waals surface area contributed by atoms with Crippen LogP contribution in [0.1, 0.15) is 25.2 Å². The van der Waals surface area contributed by atoms with Crippen molar-refractivity contribution in [2.24, 2.45) is 0 Å². The van der Waals surface area contributed by atoms with Crippen LogP contribution in [-0.4, -0.2) is 45.9 Å². The highest BCUT2D eigenvalue weighted by molar-refractivity contribution is 5.76. The van der Waals surface area contributed by atoms with Gasteiger partial charge in [0.25, 0.3) is 0 Å². The second kappa shape index (κ2) is 5.10. The topological polar surface area (TPSA) is 47.4 Å². The number of hydrogen-bond acceptors (Lipinski definition) is 3. The lowest BCUT2D eigenvalue weighted by Gasteiger charge is -2.36. The fraction of sp³-hybridized carbons (Fsp3) is 0.692. The Morgan fingerprint density at radius 1 is 1.50 bits per heavy atom. The van der Waals surface area contributed by atoms with Crippen LogP contribution in [0.5, 0.6) is 0 Å². The number of rotatable bonds is 2. The molecule has 0 saturated carbocycles. The van der Waals surface area contributed by atoms with E-state index in [1.54, 1.807) is 4.68 Å². The van der Waals surface area contributed by atoms with E-state index in [1.807, 2.05) is 38.7 Å². The molecule has 2 rings (SSSR count). The summed E-state index contributed by atoms with van der Waals surface area (Å²) in [5.41, 5.74) is 1.97. The van der Waals surface area contributed by atoms with Gasteiger partial charge in [0.2, 0.25) is 5.91 Å². The Kier molecular flexibility index (Phi) is 3.71. The summed E-state index contributed by atoms with van der Waals surface area (Å²) in [6.45, 7) is 9.52. The van der Waals surface area contributed by atoms with E-state index >= 15 is 0 Å². The van der Waals surface area contributed by atoms with Crippen molar-refractivity contribution in [3.8, 4) is 0 Å². The molecule has 1 aliphatic heterocycles. The van der Waals surface area contributed by atoms with Crippen molar-refractivity contribution in [2.75, 3.05) is 13.2 Å². The van der Waals surface area contributed by atoms with Crippen LogP contribution in [0.15, 0.2) is 6.07 Å². The summed E-state index contributed by atoms with van der Waals surface area (Å²) in [6.07, 6.45) is 0.116. The minimum Gasteiger partial charge on any atom is -0.375 e. The second-order valence-electron chi connectivity index (χ2n) is 5.12. The van der Waals surface area contributed by atoms with Crippen LogP contribution in [0.4, 0.5) is 0 Å². The normalized spacial score (nSPS) is 24.3. The molecule has 2 heterocycles. The van der Waals surface area contributed by atoms with E-state index in [-0.39, 0.29) is 18.1 Å². The highest BCUT2D eigenvalue weighted by Gasteiger charge is 2.27. The largest absolute Gasteiger partial charge is 0.375 e. The fourth-order valence-electron chi connectivity index (χ4n) is 2.30. The van der Waals surface area contributed by atoms with Gasteiger partial charge >= 0.3 is 0 Å². The molecular formula is C13H21N3O2. The van der Waals surface area contributed by atoms with E-state index in [9.17, 15) is 4.79 Å². The molecule has 0 N–H and O–H groups in total. The van der Waals surface area contributed by atoms with Gasteiger partial charge in [0.15, 0.2) is 0 Å². The lowest BCUT2D eigenvalue weighted by Crippen LogP contribution is -2.51. The molecule has 2 atom stereocenters. The van der Waals surface area contributed by atoms with Crippen molar-refractivity contribution in [3.63, 3.8) is 0 Å². The maximum Gasteiger partial charge on any atom is 0.244 e. The van der Waals surface area contributed by atoms with Crippen LogP contribution >= 0.6 is 0 Å². The molecule has 0 aromatic carbocycles. The highest BCUT2D eigenvalue weighted by Crippen LogP contribution is 2.12.